The number of hydrogen-bond acceptors (Lipinski definition) is 9. The van der Waals surface area contributed by atoms with Gasteiger partial charge in [-0.3, -0.25) is 23.9 Å². The molecule has 1 aliphatic rings. The molecule has 5 rings (SSSR count). The first-order chi connectivity index (χ1) is 20.9. The number of carbonyl (C=O) groups excluding carboxylic acids is 1. The van der Waals surface area contributed by atoms with Gasteiger partial charge in [0.2, 0.25) is 5.95 Å². The summed E-state index contributed by atoms with van der Waals surface area (Å²) in [5.74, 6) is -0.954. The average Bonchev–Trinajstić information content (AvgIpc) is 3.54. The van der Waals surface area contributed by atoms with Crippen LogP contribution in [0.2, 0.25) is 5.04 Å². The number of benzene rings is 2. The van der Waals surface area contributed by atoms with Gasteiger partial charge in [-0.1, -0.05) is 99.7 Å². The molecule has 0 radical (unpaired) electrons. The lowest BCUT2D eigenvalue weighted by Gasteiger charge is -2.46. The first-order valence-electron chi connectivity index (χ1n) is 14.9. The molecular weight excluding hydrogens is 597 g/mol. The standard InChI is InChI=1S/C32H40N4O6SSi/c1-7-24(42-44(32(4,5)6,21-14-10-8-11-15-21)22-16-12-9-13-17-22)25-18-23(19(2)40-20(3)37)29(41-25)36-27-26(43-31(36)39)28(38)35-30(33)34-27/h8-17,19,23-25,29H,7,18H2,1-6H3,(H3,33,34,35,38)/t19?,23-,24?,25-,29+/m0/s1. The topological polar surface area (TPSA) is 139 Å². The minimum Gasteiger partial charge on any atom is -0.462 e. The third kappa shape index (κ3) is 5.79. The van der Waals surface area contributed by atoms with Crippen molar-refractivity contribution in [2.45, 2.75) is 84.0 Å². The van der Waals surface area contributed by atoms with E-state index < -0.39 is 49.1 Å². The molecule has 1 fully saturated rings. The number of nitrogen functional groups attached to an aromatic ring is 1. The Bertz CT molecular complexity index is 1690. The molecule has 3 N–H and O–H groups in total. The van der Waals surface area contributed by atoms with Crippen LogP contribution in [0.5, 0.6) is 0 Å². The zero-order chi connectivity index (χ0) is 31.8. The number of nitrogens with one attached hydrogen (secondary N) is 1. The highest BCUT2D eigenvalue weighted by atomic mass is 32.1. The Balaban J connectivity index is 1.61. The number of rotatable bonds is 9. The van der Waals surface area contributed by atoms with E-state index in [1.807, 2.05) is 36.4 Å². The predicted molar refractivity (Wildman–Crippen MR) is 175 cm³/mol. The number of esters is 1. The van der Waals surface area contributed by atoms with Gasteiger partial charge >= 0.3 is 10.8 Å². The van der Waals surface area contributed by atoms with Crippen LogP contribution in [0.4, 0.5) is 5.95 Å². The molecule has 4 aromatic rings. The largest absolute Gasteiger partial charge is 0.462 e. The highest BCUT2D eigenvalue weighted by Gasteiger charge is 2.54. The number of nitrogens with zero attached hydrogens (tertiary/aromatic N) is 2. The number of thiazole rings is 1. The molecule has 0 spiro atoms. The van der Waals surface area contributed by atoms with Crippen LogP contribution in [0.25, 0.3) is 10.3 Å². The van der Waals surface area contributed by atoms with Gasteiger partial charge in [-0.2, -0.15) is 4.98 Å². The number of ether oxygens (including phenoxy) is 2. The monoisotopic (exact) mass is 636 g/mol. The molecule has 0 amide bonds. The van der Waals surface area contributed by atoms with E-state index in [0.29, 0.717) is 12.8 Å². The van der Waals surface area contributed by atoms with E-state index in [0.717, 1.165) is 21.7 Å². The fourth-order valence-electron chi connectivity index (χ4n) is 6.50. The quantitative estimate of drug-likeness (QED) is 0.208. The lowest BCUT2D eigenvalue weighted by Crippen LogP contribution is -2.68. The summed E-state index contributed by atoms with van der Waals surface area (Å²) in [5, 5.41) is 2.04. The lowest BCUT2D eigenvalue weighted by atomic mass is 9.95. The lowest BCUT2D eigenvalue weighted by molar-refractivity contribution is -0.150. The minimum absolute atomic E-state index is 0.102. The Hall–Kier alpha value is -3.58. The number of anilines is 1. The summed E-state index contributed by atoms with van der Waals surface area (Å²) in [7, 11) is -2.94. The van der Waals surface area contributed by atoms with Gasteiger partial charge < -0.3 is 19.6 Å². The maximum Gasteiger partial charge on any atom is 0.311 e. The third-order valence-corrected chi connectivity index (χ3v) is 14.5. The molecule has 5 atom stereocenters. The summed E-state index contributed by atoms with van der Waals surface area (Å²) < 4.78 is 21.4. The van der Waals surface area contributed by atoms with Crippen molar-refractivity contribution in [3.63, 3.8) is 0 Å². The molecule has 2 unspecified atom stereocenters. The van der Waals surface area contributed by atoms with Gasteiger partial charge in [-0.25, -0.2) is 0 Å². The number of carbonyl (C=O) groups is 1. The molecule has 234 valence electrons. The van der Waals surface area contributed by atoms with E-state index in [9.17, 15) is 14.4 Å². The molecule has 0 saturated carbocycles. The molecule has 1 saturated heterocycles. The molecule has 0 aliphatic carbocycles. The Morgan fingerprint density at radius 3 is 2.25 bits per heavy atom. The molecular formula is C32H40N4O6SSi. The van der Waals surface area contributed by atoms with Crippen molar-refractivity contribution in [2.75, 3.05) is 5.73 Å². The van der Waals surface area contributed by atoms with Crippen molar-refractivity contribution in [1.29, 1.82) is 0 Å². The van der Waals surface area contributed by atoms with E-state index in [1.165, 1.54) is 11.5 Å². The number of aromatic nitrogens is 3. The number of H-pyrrole nitrogens is 1. The molecule has 3 heterocycles. The molecule has 1 aliphatic heterocycles. The van der Waals surface area contributed by atoms with Crippen LogP contribution < -0.4 is 26.5 Å². The van der Waals surface area contributed by atoms with Crippen LogP contribution >= 0.6 is 11.3 Å². The Morgan fingerprint density at radius 2 is 1.73 bits per heavy atom. The maximum absolute atomic E-state index is 13.4. The zero-order valence-corrected chi connectivity index (χ0v) is 27.7. The second kappa shape index (κ2) is 12.4. The normalized spacial score (nSPS) is 20.5. The van der Waals surface area contributed by atoms with Crippen LogP contribution in [0, 0.1) is 5.92 Å². The average molecular weight is 637 g/mol. The summed E-state index contributed by atoms with van der Waals surface area (Å²) in [6.07, 6.45) is -1.16. The van der Waals surface area contributed by atoms with Crippen molar-refractivity contribution in [1.82, 2.24) is 14.5 Å². The molecule has 10 nitrogen and oxygen atoms in total. The van der Waals surface area contributed by atoms with Crippen molar-refractivity contribution >= 4 is 52.3 Å². The van der Waals surface area contributed by atoms with E-state index in [4.69, 9.17) is 19.6 Å². The third-order valence-electron chi connectivity index (χ3n) is 8.45. The maximum atomic E-state index is 13.4. The van der Waals surface area contributed by atoms with Crippen molar-refractivity contribution in [3.05, 3.63) is 80.7 Å². The minimum atomic E-state index is -2.94. The summed E-state index contributed by atoms with van der Waals surface area (Å²) in [6.45, 7) is 11.9. The highest BCUT2D eigenvalue weighted by Crippen LogP contribution is 2.44. The molecule has 2 aromatic heterocycles. The fraction of sp³-hybridized carbons (Fsp3) is 0.438. The van der Waals surface area contributed by atoms with Gasteiger partial charge in [0.25, 0.3) is 13.9 Å². The Kier molecular flexibility index (Phi) is 8.99. The van der Waals surface area contributed by atoms with E-state index in [1.54, 1.807) is 6.92 Å². The number of nitrogens with two attached hydrogens (primary N) is 1. The first-order valence-corrected chi connectivity index (χ1v) is 17.6. The molecule has 44 heavy (non-hydrogen) atoms. The van der Waals surface area contributed by atoms with Gasteiger partial charge in [0.1, 0.15) is 17.0 Å². The van der Waals surface area contributed by atoms with E-state index >= 15 is 0 Å². The van der Waals surface area contributed by atoms with Crippen LogP contribution in [0.1, 0.15) is 60.6 Å². The SMILES string of the molecule is CCC(O[Si](c1ccccc1)(c1ccccc1)C(C)(C)C)[C@@H]1C[C@@H](C(C)OC(C)=O)[C@H](n2c(=O)sc3c(=O)[nH]c(N)nc32)O1. The smallest absolute Gasteiger partial charge is 0.311 e. The first kappa shape index (κ1) is 31.8. The predicted octanol–water partition coefficient (Wildman–Crippen LogP) is 3.94. The van der Waals surface area contributed by atoms with Crippen molar-refractivity contribution in [3.8, 4) is 0 Å². The van der Waals surface area contributed by atoms with Gasteiger partial charge in [0.15, 0.2) is 5.65 Å². The molecule has 2 aromatic carbocycles. The Labute approximate surface area is 261 Å². The fourth-order valence-corrected chi connectivity index (χ4v) is 12.1. The van der Waals surface area contributed by atoms with Crippen LogP contribution in [0.3, 0.4) is 0 Å². The number of hydrogen-bond donors (Lipinski definition) is 2. The molecule has 12 heteroatoms. The van der Waals surface area contributed by atoms with Gasteiger partial charge in [0, 0.05) is 12.8 Å². The zero-order valence-electron chi connectivity index (χ0n) is 25.9. The van der Waals surface area contributed by atoms with Crippen LogP contribution in [0.15, 0.2) is 70.3 Å². The summed E-state index contributed by atoms with van der Waals surface area (Å²) in [4.78, 5) is 44.4. The van der Waals surface area contributed by atoms with Gasteiger partial charge in [-0.15, -0.1) is 0 Å². The molecule has 0 bridgehead atoms. The van der Waals surface area contributed by atoms with Gasteiger partial charge in [0.05, 0.1) is 12.2 Å². The van der Waals surface area contributed by atoms with E-state index in [2.05, 4.69) is 61.9 Å². The van der Waals surface area contributed by atoms with Crippen molar-refractivity contribution in [2.24, 2.45) is 5.92 Å². The number of fused-ring (bicyclic) bond motifs is 1. The highest BCUT2D eigenvalue weighted by molar-refractivity contribution is 7.16. The van der Waals surface area contributed by atoms with Crippen LogP contribution in [-0.4, -0.2) is 47.1 Å². The number of aromatic amines is 1. The summed E-state index contributed by atoms with van der Waals surface area (Å²) in [5.41, 5.74) is 5.53. The second-order valence-electron chi connectivity index (χ2n) is 12.3. The second-order valence-corrected chi connectivity index (χ2v) is 17.6. The summed E-state index contributed by atoms with van der Waals surface area (Å²) in [6, 6.07) is 20.8. The van der Waals surface area contributed by atoms with Crippen LogP contribution in [-0.2, 0) is 18.7 Å². The van der Waals surface area contributed by atoms with Gasteiger partial charge in [-0.05, 0) is 35.2 Å². The Morgan fingerprint density at radius 1 is 1.14 bits per heavy atom. The summed E-state index contributed by atoms with van der Waals surface area (Å²) >= 11 is 0.785. The van der Waals surface area contributed by atoms with Crippen molar-refractivity contribution < 1.29 is 18.7 Å². The van der Waals surface area contributed by atoms with E-state index in [-0.39, 0.29) is 27.4 Å².